The van der Waals surface area contributed by atoms with Gasteiger partial charge in [-0.2, -0.15) is 5.10 Å². The summed E-state index contributed by atoms with van der Waals surface area (Å²) in [7, 11) is -2.91. The monoisotopic (exact) mass is 456 g/mol. The zero-order valence-corrected chi connectivity index (χ0v) is 18.5. The molecular weight excluding hydrogens is 436 g/mol. The number of fused-ring (bicyclic) bond motifs is 2. The summed E-state index contributed by atoms with van der Waals surface area (Å²) in [6, 6.07) is 9.57. The van der Waals surface area contributed by atoms with Gasteiger partial charge in [0.05, 0.1) is 34.3 Å². The highest BCUT2D eigenvalue weighted by atomic mass is 35.5. The van der Waals surface area contributed by atoms with Gasteiger partial charge < -0.3 is 5.32 Å². The molecule has 8 nitrogen and oxygen atoms in total. The van der Waals surface area contributed by atoms with E-state index in [-0.39, 0.29) is 11.5 Å². The van der Waals surface area contributed by atoms with Gasteiger partial charge in [0.15, 0.2) is 15.7 Å². The average Bonchev–Trinajstić information content (AvgIpc) is 2.99. The van der Waals surface area contributed by atoms with E-state index >= 15 is 0 Å². The van der Waals surface area contributed by atoms with E-state index in [1.54, 1.807) is 6.20 Å². The minimum atomic E-state index is -2.91. The van der Waals surface area contributed by atoms with Gasteiger partial charge in [0, 0.05) is 42.0 Å². The molecule has 31 heavy (non-hydrogen) atoms. The largest absolute Gasteiger partial charge is 0.336 e. The third-order valence-corrected chi connectivity index (χ3v) is 7.50. The predicted molar refractivity (Wildman–Crippen MR) is 122 cm³/mol. The van der Waals surface area contributed by atoms with Crippen LogP contribution in [-0.4, -0.2) is 58.8 Å². The molecule has 2 aliphatic heterocycles. The molecule has 5 rings (SSSR count). The van der Waals surface area contributed by atoms with Crippen molar-refractivity contribution in [3.05, 3.63) is 64.1 Å². The number of nitrogens with one attached hydrogen (secondary N) is 2. The highest BCUT2D eigenvalue weighted by Gasteiger charge is 2.25. The number of nitrogens with zero attached hydrogens (tertiary/aromatic N) is 4. The Morgan fingerprint density at radius 2 is 1.94 bits per heavy atom. The molecule has 1 fully saturated rings. The van der Waals surface area contributed by atoms with E-state index in [0.717, 1.165) is 39.6 Å². The van der Waals surface area contributed by atoms with Crippen LogP contribution < -0.4 is 5.32 Å². The maximum absolute atomic E-state index is 11.7. The van der Waals surface area contributed by atoms with Gasteiger partial charge in [0.2, 0.25) is 0 Å². The average molecular weight is 457 g/mol. The number of hydrogen-bond acceptors (Lipinski definition) is 7. The number of aliphatic imine (C=N–C) groups is 1. The topological polar surface area (TPSA) is 103 Å². The van der Waals surface area contributed by atoms with Crippen LogP contribution in [0.15, 0.2) is 41.5 Å². The zero-order valence-electron chi connectivity index (χ0n) is 16.9. The first-order valence-corrected chi connectivity index (χ1v) is 12.2. The third kappa shape index (κ3) is 3.96. The minimum absolute atomic E-state index is 0.190. The molecule has 0 amide bonds. The highest BCUT2D eigenvalue weighted by molar-refractivity contribution is 7.91. The van der Waals surface area contributed by atoms with Crippen LogP contribution in [0.3, 0.4) is 0 Å². The summed E-state index contributed by atoms with van der Waals surface area (Å²) in [5.74, 6) is 1.02. The lowest BCUT2D eigenvalue weighted by molar-refractivity contribution is 0.284. The van der Waals surface area contributed by atoms with Crippen molar-refractivity contribution < 1.29 is 8.42 Å². The van der Waals surface area contributed by atoms with Crippen LogP contribution in [-0.2, 0) is 16.4 Å². The molecule has 4 heterocycles. The fourth-order valence-corrected chi connectivity index (χ4v) is 5.32. The molecule has 0 unspecified atom stereocenters. The summed E-state index contributed by atoms with van der Waals surface area (Å²) in [6.45, 7) is 3.54. The molecule has 2 N–H and O–H groups in total. The molecule has 0 atom stereocenters. The third-order valence-electron chi connectivity index (χ3n) is 5.56. The summed E-state index contributed by atoms with van der Waals surface area (Å²) in [6.07, 6.45) is 1.80. The fourth-order valence-electron chi connectivity index (χ4n) is 3.82. The molecule has 2 aromatic heterocycles. The molecule has 2 aliphatic rings. The Hall–Kier alpha value is -2.75. The van der Waals surface area contributed by atoms with Crippen LogP contribution in [0.2, 0.25) is 5.02 Å². The molecule has 0 radical (unpaired) electrons. The van der Waals surface area contributed by atoms with Gasteiger partial charge in [-0.25, -0.2) is 13.4 Å². The summed E-state index contributed by atoms with van der Waals surface area (Å²) in [5.41, 5.74) is 5.63. The molecule has 10 heteroatoms. The molecule has 3 aromatic rings. The van der Waals surface area contributed by atoms with Gasteiger partial charge >= 0.3 is 0 Å². The Bertz CT molecular complexity index is 1290. The molecule has 1 saturated heterocycles. The first-order valence-electron chi connectivity index (χ1n) is 9.97. The van der Waals surface area contributed by atoms with Crippen LogP contribution in [0.25, 0.3) is 0 Å². The van der Waals surface area contributed by atoms with Gasteiger partial charge in [-0.05, 0) is 19.1 Å². The highest BCUT2D eigenvalue weighted by Crippen LogP contribution is 2.37. The number of halogens is 1. The van der Waals surface area contributed by atoms with Crippen molar-refractivity contribution >= 4 is 44.3 Å². The van der Waals surface area contributed by atoms with Crippen LogP contribution in [0.5, 0.6) is 0 Å². The number of sulfone groups is 1. The number of aromatic amines is 1. The normalized spacial score (nSPS) is 17.8. The predicted octanol–water partition coefficient (Wildman–Crippen LogP) is 3.22. The maximum Gasteiger partial charge on any atom is 0.178 e. The first-order chi connectivity index (χ1) is 14.9. The van der Waals surface area contributed by atoms with E-state index in [4.69, 9.17) is 16.6 Å². The fraction of sp³-hybridized carbons (Fsp3) is 0.286. The number of aryl methyl sites for hydroxylation is 1. The van der Waals surface area contributed by atoms with Crippen molar-refractivity contribution in [2.45, 2.75) is 13.5 Å². The van der Waals surface area contributed by atoms with Crippen LogP contribution >= 0.6 is 11.6 Å². The zero-order chi connectivity index (χ0) is 21.6. The lowest BCUT2D eigenvalue weighted by Crippen LogP contribution is -2.39. The van der Waals surface area contributed by atoms with Gasteiger partial charge in [0.1, 0.15) is 5.69 Å². The van der Waals surface area contributed by atoms with Crippen molar-refractivity contribution in [1.29, 1.82) is 0 Å². The number of anilines is 2. The molecule has 160 valence electrons. The second-order valence-corrected chi connectivity index (χ2v) is 10.5. The number of aromatic nitrogens is 3. The Morgan fingerprint density at radius 3 is 2.71 bits per heavy atom. The second-order valence-electron chi connectivity index (χ2n) is 7.76. The molecule has 0 saturated carbocycles. The van der Waals surface area contributed by atoms with E-state index in [9.17, 15) is 8.42 Å². The molecule has 0 aliphatic carbocycles. The number of hydrogen-bond donors (Lipinski definition) is 2. The summed E-state index contributed by atoms with van der Waals surface area (Å²) in [4.78, 5) is 11.7. The minimum Gasteiger partial charge on any atom is -0.336 e. The number of rotatable bonds is 3. The van der Waals surface area contributed by atoms with Crippen molar-refractivity contribution in [3.63, 3.8) is 0 Å². The Labute approximate surface area is 185 Å². The van der Waals surface area contributed by atoms with E-state index in [1.165, 1.54) is 0 Å². The van der Waals surface area contributed by atoms with E-state index in [0.29, 0.717) is 30.5 Å². The van der Waals surface area contributed by atoms with E-state index in [2.05, 4.69) is 25.4 Å². The molecule has 0 bridgehead atoms. The maximum atomic E-state index is 11.7. The van der Waals surface area contributed by atoms with Crippen LogP contribution in [0.4, 0.5) is 17.2 Å². The van der Waals surface area contributed by atoms with Crippen molar-refractivity contribution in [2.24, 2.45) is 4.99 Å². The van der Waals surface area contributed by atoms with Gasteiger partial charge in [-0.3, -0.25) is 15.0 Å². The molecule has 1 aromatic carbocycles. The van der Waals surface area contributed by atoms with Gasteiger partial charge in [0.25, 0.3) is 0 Å². The Morgan fingerprint density at radius 1 is 1.16 bits per heavy atom. The van der Waals surface area contributed by atoms with E-state index in [1.807, 2.05) is 37.3 Å². The lowest BCUT2D eigenvalue weighted by Gasteiger charge is -2.26. The van der Waals surface area contributed by atoms with Crippen molar-refractivity contribution in [2.75, 3.05) is 29.9 Å². The summed E-state index contributed by atoms with van der Waals surface area (Å²) in [5, 5.41) is 11.3. The quantitative estimate of drug-likeness (QED) is 0.490. The summed E-state index contributed by atoms with van der Waals surface area (Å²) >= 11 is 6.50. The number of pyridine rings is 1. The molecule has 0 spiro atoms. The van der Waals surface area contributed by atoms with Crippen molar-refractivity contribution in [1.82, 2.24) is 20.1 Å². The Kier molecular flexibility index (Phi) is 5.04. The number of benzene rings is 1. The Balaban J connectivity index is 1.54. The van der Waals surface area contributed by atoms with E-state index < -0.39 is 9.84 Å². The first kappa shape index (κ1) is 20.2. The summed E-state index contributed by atoms with van der Waals surface area (Å²) < 4.78 is 23.4. The van der Waals surface area contributed by atoms with Gasteiger partial charge in [-0.15, -0.1) is 0 Å². The number of H-pyrrole nitrogens is 1. The van der Waals surface area contributed by atoms with Crippen molar-refractivity contribution in [3.8, 4) is 0 Å². The smallest absolute Gasteiger partial charge is 0.178 e. The van der Waals surface area contributed by atoms with Gasteiger partial charge in [-0.1, -0.05) is 29.8 Å². The SMILES string of the molecule is Cc1[nH]nc2c1N=C(c1ccccc1Cl)c1cnc(CN3CCS(=O)(=O)CC3)cc1N2. The molecular formula is C21H21ClN6O2S. The lowest BCUT2D eigenvalue weighted by atomic mass is 10.0. The second kappa shape index (κ2) is 7.74. The van der Waals surface area contributed by atoms with Crippen LogP contribution in [0, 0.1) is 6.92 Å². The van der Waals surface area contributed by atoms with Crippen LogP contribution in [0.1, 0.15) is 22.5 Å². The standard InChI is InChI=1S/C21H21ClN6O2S/c1-13-19-21(27-26-13)24-18-10-14(12-28-6-8-31(29,30)9-7-28)23-11-16(18)20(25-19)15-4-2-3-5-17(15)22/h2-5,10-11H,6-9,12H2,1H3,(H2,24,26,27).